The minimum atomic E-state index is 0.792. The van der Waals surface area contributed by atoms with Gasteiger partial charge in [-0.05, 0) is 42.5 Å². The second kappa shape index (κ2) is 8.73. The molecule has 0 aromatic heterocycles. The van der Waals surface area contributed by atoms with Crippen LogP contribution >= 0.6 is 39.3 Å². The number of fused-ring (bicyclic) bond motifs is 2. The lowest BCUT2D eigenvalue weighted by atomic mass is 10.1. The fourth-order valence-corrected chi connectivity index (χ4v) is 5.37. The fraction of sp³-hybridized carbons (Fsp3) is 0.250. The molecule has 0 spiro atoms. The molecule has 0 fully saturated rings. The largest absolute Gasteiger partial charge is 0.339 e. The first kappa shape index (κ1) is 20.8. The molecular formula is C24H25BrClN2S+. The summed E-state index contributed by atoms with van der Waals surface area (Å²) in [5.41, 5.74) is 3.87. The van der Waals surface area contributed by atoms with Gasteiger partial charge in [-0.25, -0.2) is 0 Å². The van der Waals surface area contributed by atoms with Crippen LogP contribution in [-0.2, 0) is 6.54 Å². The SMILES string of the molecule is C[N+](C)(CCCN1c2ccccc2Sc2ccc(Cl)cc21)Cc1ccc(Br)cc1. The van der Waals surface area contributed by atoms with E-state index in [1.807, 2.05) is 17.8 Å². The molecule has 29 heavy (non-hydrogen) atoms. The van der Waals surface area contributed by atoms with E-state index in [1.165, 1.54) is 26.7 Å². The highest BCUT2D eigenvalue weighted by atomic mass is 79.9. The molecule has 0 N–H and O–H groups in total. The van der Waals surface area contributed by atoms with Crippen molar-refractivity contribution in [1.82, 2.24) is 0 Å². The van der Waals surface area contributed by atoms with E-state index in [1.54, 1.807) is 0 Å². The predicted octanol–water partition coefficient (Wildman–Crippen LogP) is 7.37. The Morgan fingerprint density at radius 1 is 0.931 bits per heavy atom. The molecule has 0 radical (unpaired) electrons. The maximum Gasteiger partial charge on any atom is 0.104 e. The summed E-state index contributed by atoms with van der Waals surface area (Å²) in [6, 6.07) is 23.5. The molecule has 4 rings (SSSR count). The first-order chi connectivity index (χ1) is 13.9. The zero-order chi connectivity index (χ0) is 20.4. The first-order valence-corrected chi connectivity index (χ1v) is 11.8. The lowest BCUT2D eigenvalue weighted by Crippen LogP contribution is -2.40. The molecule has 0 amide bonds. The van der Waals surface area contributed by atoms with Gasteiger partial charge in [0.1, 0.15) is 6.54 Å². The summed E-state index contributed by atoms with van der Waals surface area (Å²) in [5.74, 6) is 0. The molecular weight excluding hydrogens is 464 g/mol. The van der Waals surface area contributed by atoms with Gasteiger partial charge in [0.25, 0.3) is 0 Å². The van der Waals surface area contributed by atoms with Crippen molar-refractivity contribution in [2.24, 2.45) is 0 Å². The third-order valence-electron chi connectivity index (χ3n) is 5.26. The molecule has 0 atom stereocenters. The van der Waals surface area contributed by atoms with E-state index in [9.17, 15) is 0 Å². The monoisotopic (exact) mass is 487 g/mol. The summed E-state index contributed by atoms with van der Waals surface area (Å²) in [6.07, 6.45) is 1.11. The zero-order valence-electron chi connectivity index (χ0n) is 16.7. The van der Waals surface area contributed by atoms with Crippen molar-refractivity contribution >= 4 is 50.7 Å². The maximum atomic E-state index is 6.33. The average Bonchev–Trinajstić information content (AvgIpc) is 2.69. The minimum absolute atomic E-state index is 0.792. The number of benzene rings is 3. The molecule has 2 nitrogen and oxygen atoms in total. The lowest BCUT2D eigenvalue weighted by Gasteiger charge is -2.35. The molecule has 0 saturated carbocycles. The van der Waals surface area contributed by atoms with Crippen LogP contribution in [0.2, 0.25) is 5.02 Å². The van der Waals surface area contributed by atoms with Crippen LogP contribution in [0.4, 0.5) is 11.4 Å². The van der Waals surface area contributed by atoms with Crippen LogP contribution in [0.1, 0.15) is 12.0 Å². The predicted molar refractivity (Wildman–Crippen MR) is 128 cm³/mol. The molecule has 5 heteroatoms. The first-order valence-electron chi connectivity index (χ1n) is 9.82. The molecule has 0 saturated heterocycles. The van der Waals surface area contributed by atoms with E-state index in [0.29, 0.717) is 0 Å². The van der Waals surface area contributed by atoms with Crippen LogP contribution in [-0.4, -0.2) is 31.7 Å². The molecule has 0 unspecified atom stereocenters. The van der Waals surface area contributed by atoms with Crippen LogP contribution in [0.15, 0.2) is 81.0 Å². The van der Waals surface area contributed by atoms with E-state index in [-0.39, 0.29) is 0 Å². The molecule has 1 aliphatic rings. The number of rotatable bonds is 6. The van der Waals surface area contributed by atoms with E-state index in [2.05, 4.69) is 95.6 Å². The topological polar surface area (TPSA) is 3.24 Å². The van der Waals surface area contributed by atoms with Gasteiger partial charge in [0.05, 0.1) is 32.0 Å². The number of hydrogen-bond acceptors (Lipinski definition) is 2. The van der Waals surface area contributed by atoms with Gasteiger partial charge >= 0.3 is 0 Å². The van der Waals surface area contributed by atoms with Crippen LogP contribution in [0.25, 0.3) is 0 Å². The minimum Gasteiger partial charge on any atom is -0.339 e. The van der Waals surface area contributed by atoms with E-state index in [0.717, 1.165) is 40.0 Å². The van der Waals surface area contributed by atoms with Crippen LogP contribution in [0.3, 0.4) is 0 Å². The summed E-state index contributed by atoms with van der Waals surface area (Å²) in [4.78, 5) is 5.02. The molecule has 0 aliphatic carbocycles. The van der Waals surface area contributed by atoms with Gasteiger partial charge in [-0.2, -0.15) is 0 Å². The van der Waals surface area contributed by atoms with Gasteiger partial charge in [0, 0.05) is 37.8 Å². The van der Waals surface area contributed by atoms with Crippen molar-refractivity contribution in [1.29, 1.82) is 0 Å². The highest BCUT2D eigenvalue weighted by Crippen LogP contribution is 2.48. The van der Waals surface area contributed by atoms with E-state index < -0.39 is 0 Å². The number of anilines is 2. The van der Waals surface area contributed by atoms with Gasteiger partial charge in [0.15, 0.2) is 0 Å². The zero-order valence-corrected chi connectivity index (χ0v) is 19.9. The highest BCUT2D eigenvalue weighted by molar-refractivity contribution is 9.10. The normalized spacial score (nSPS) is 13.2. The Bertz CT molecular complexity index is 1000. The van der Waals surface area contributed by atoms with E-state index in [4.69, 9.17) is 11.6 Å². The average molecular weight is 489 g/mol. The van der Waals surface area contributed by atoms with Gasteiger partial charge < -0.3 is 9.38 Å². The maximum absolute atomic E-state index is 6.33. The Labute approximate surface area is 191 Å². The summed E-state index contributed by atoms with van der Waals surface area (Å²) in [7, 11) is 4.62. The quantitative estimate of drug-likeness (QED) is 0.333. The van der Waals surface area contributed by atoms with Crippen molar-refractivity contribution < 1.29 is 4.48 Å². The molecule has 1 aliphatic heterocycles. The number of hydrogen-bond donors (Lipinski definition) is 0. The summed E-state index contributed by atoms with van der Waals surface area (Å²) in [5, 5.41) is 0.792. The van der Waals surface area contributed by atoms with Crippen molar-refractivity contribution in [3.05, 3.63) is 81.8 Å². The standard InChI is InChI=1S/C24H25BrClN2S/c1-28(2,17-18-8-10-19(25)11-9-18)15-5-14-27-21-6-3-4-7-23(21)29-24-13-12-20(26)16-22(24)27/h3-4,6-13,16H,5,14-15,17H2,1-2H3/q+1. The van der Waals surface area contributed by atoms with Gasteiger partial charge in [-0.3, -0.25) is 0 Å². The molecule has 0 bridgehead atoms. The fourth-order valence-electron chi connectivity index (χ4n) is 3.86. The second-order valence-electron chi connectivity index (χ2n) is 8.13. The Balaban J connectivity index is 1.48. The number of halogens is 2. The Morgan fingerprint density at radius 2 is 1.66 bits per heavy atom. The van der Waals surface area contributed by atoms with Crippen LogP contribution in [0, 0.1) is 0 Å². The molecule has 1 heterocycles. The van der Waals surface area contributed by atoms with Crippen LogP contribution in [0.5, 0.6) is 0 Å². The summed E-state index contributed by atoms with van der Waals surface area (Å²) < 4.78 is 2.10. The second-order valence-corrected chi connectivity index (χ2v) is 10.6. The van der Waals surface area contributed by atoms with Crippen molar-refractivity contribution in [2.45, 2.75) is 22.8 Å². The number of nitrogens with zero attached hydrogens (tertiary/aromatic N) is 2. The third-order valence-corrected chi connectivity index (χ3v) is 7.15. The highest BCUT2D eigenvalue weighted by Gasteiger charge is 2.24. The van der Waals surface area contributed by atoms with Crippen LogP contribution < -0.4 is 4.90 Å². The van der Waals surface area contributed by atoms with Crippen molar-refractivity contribution in [3.63, 3.8) is 0 Å². The lowest BCUT2D eigenvalue weighted by molar-refractivity contribution is -0.903. The van der Waals surface area contributed by atoms with Crippen molar-refractivity contribution in [2.75, 3.05) is 32.1 Å². The Morgan fingerprint density at radius 3 is 2.45 bits per heavy atom. The number of para-hydroxylation sites is 1. The van der Waals surface area contributed by atoms with Gasteiger partial charge in [-0.1, -0.05) is 63.6 Å². The smallest absolute Gasteiger partial charge is 0.104 e. The Kier molecular flexibility index (Phi) is 6.26. The van der Waals surface area contributed by atoms with Gasteiger partial charge in [0.2, 0.25) is 0 Å². The Hall–Kier alpha value is -1.46. The number of quaternary nitrogens is 1. The van der Waals surface area contributed by atoms with Crippen molar-refractivity contribution in [3.8, 4) is 0 Å². The summed E-state index contributed by atoms with van der Waals surface area (Å²) in [6.45, 7) is 3.12. The summed E-state index contributed by atoms with van der Waals surface area (Å²) >= 11 is 11.7. The molecule has 3 aromatic carbocycles. The molecule has 150 valence electrons. The third kappa shape index (κ3) is 5.00. The molecule has 3 aromatic rings. The van der Waals surface area contributed by atoms with E-state index >= 15 is 0 Å². The van der Waals surface area contributed by atoms with Gasteiger partial charge in [-0.15, -0.1) is 0 Å².